The van der Waals surface area contributed by atoms with Crippen molar-refractivity contribution in [3.63, 3.8) is 0 Å². The van der Waals surface area contributed by atoms with Gasteiger partial charge in [-0.05, 0) is 95.1 Å². The molecule has 1 aromatic heterocycles. The number of hydrogen-bond acceptors (Lipinski definition) is 5. The van der Waals surface area contributed by atoms with E-state index in [0.29, 0.717) is 41.7 Å². The van der Waals surface area contributed by atoms with Gasteiger partial charge in [-0.3, -0.25) is 23.2 Å². The van der Waals surface area contributed by atoms with Crippen molar-refractivity contribution in [1.29, 1.82) is 0 Å². The van der Waals surface area contributed by atoms with Crippen molar-refractivity contribution in [2.24, 2.45) is 4.99 Å². The molecule has 0 aliphatic carbocycles. The lowest BCUT2D eigenvalue weighted by Crippen LogP contribution is -2.45. The summed E-state index contributed by atoms with van der Waals surface area (Å²) in [6.07, 6.45) is 34.4. The lowest BCUT2D eigenvalue weighted by molar-refractivity contribution is -0.873. The van der Waals surface area contributed by atoms with Gasteiger partial charge in [-0.15, -0.1) is 0 Å². The highest BCUT2D eigenvalue weighted by atomic mass is 19.2. The van der Waals surface area contributed by atoms with E-state index in [1.807, 2.05) is 47.1 Å². The van der Waals surface area contributed by atoms with Gasteiger partial charge in [-0.1, -0.05) is 115 Å². The molecule has 1 aromatic rings. The number of aliphatic imine (C=N–C) groups is 1. The largest absolute Gasteiger partial charge is 0.677 e. The van der Waals surface area contributed by atoms with E-state index in [0.717, 1.165) is 105 Å². The lowest BCUT2D eigenvalue weighted by Gasteiger charge is -2.28. The molecule has 0 bridgehead atoms. The zero-order valence-electron chi connectivity index (χ0n) is 36.9. The first-order chi connectivity index (χ1) is 27.4. The van der Waals surface area contributed by atoms with Gasteiger partial charge in [0.25, 0.3) is 0 Å². The smallest absolute Gasteiger partial charge is 0.461 e. The standard InChI is InChI=1S/C47H79BF2N3O4/c1-7-8-9-10-11-12-13-14-15-16-17-20-23-26-29-32-46(54)56-39-44(38-53(4,5)6)57-47(55)33-30-27-24-21-18-19-22-25-28-31-42-34-35-43(52(42)48(49)50)37-45-40(2)36-41(3)51-45/h14-15,34-37,44H,7-13,16-33,38-39H2,1-6H3/q+1/b15-14+,45-37+. The average Bonchev–Trinajstić information content (AvgIpc) is 3.70. The third kappa shape index (κ3) is 24.5. The van der Waals surface area contributed by atoms with E-state index in [2.05, 4.69) is 24.1 Å². The molecule has 2 heterocycles. The van der Waals surface area contributed by atoms with Crippen LogP contribution < -0.4 is 0 Å². The Bertz CT molecular complexity index is 1400. The van der Waals surface area contributed by atoms with Gasteiger partial charge in [0.05, 0.1) is 26.8 Å². The number of esters is 2. The minimum atomic E-state index is -2.58. The maximum Gasteiger partial charge on any atom is 0.677 e. The second kappa shape index (κ2) is 30.1. The maximum absolute atomic E-state index is 13.9. The normalized spacial score (nSPS) is 14.4. The van der Waals surface area contributed by atoms with Gasteiger partial charge in [0.15, 0.2) is 6.10 Å². The lowest BCUT2D eigenvalue weighted by atomic mass is 10.0. The third-order valence-corrected chi connectivity index (χ3v) is 10.6. The summed E-state index contributed by atoms with van der Waals surface area (Å²) in [7, 11) is 3.55. The number of carbonyl (C=O) groups is 2. The summed E-state index contributed by atoms with van der Waals surface area (Å²) >= 11 is 0. The number of carbonyl (C=O) groups excluding carboxylic acids is 2. The molecule has 0 spiro atoms. The fourth-order valence-corrected chi connectivity index (χ4v) is 7.44. The summed E-state index contributed by atoms with van der Waals surface area (Å²) in [5.41, 5.74) is 3.80. The van der Waals surface area contributed by atoms with Gasteiger partial charge in [0.1, 0.15) is 13.2 Å². The van der Waals surface area contributed by atoms with Gasteiger partial charge >= 0.3 is 19.3 Å². The van der Waals surface area contributed by atoms with Crippen LogP contribution in [0.15, 0.2) is 46.6 Å². The monoisotopic (exact) mass is 799 g/mol. The number of aromatic nitrogens is 1. The first-order valence-electron chi connectivity index (χ1n) is 22.6. The van der Waals surface area contributed by atoms with Gasteiger partial charge in [-0.25, -0.2) is 0 Å². The van der Waals surface area contributed by atoms with Crippen molar-refractivity contribution >= 4 is 31.1 Å². The molecule has 57 heavy (non-hydrogen) atoms. The van der Waals surface area contributed by atoms with Gasteiger partial charge < -0.3 is 18.4 Å². The van der Waals surface area contributed by atoms with E-state index in [1.165, 1.54) is 57.8 Å². The Balaban J connectivity index is 1.50. The number of quaternary nitrogens is 1. The zero-order chi connectivity index (χ0) is 41.7. The van der Waals surface area contributed by atoms with Crippen molar-refractivity contribution in [1.82, 2.24) is 4.48 Å². The highest BCUT2D eigenvalue weighted by molar-refractivity contribution is 6.41. The molecule has 2 rings (SSSR count). The average molecular weight is 799 g/mol. The summed E-state index contributed by atoms with van der Waals surface area (Å²) in [4.78, 5) is 29.6. The van der Waals surface area contributed by atoms with Crippen molar-refractivity contribution in [3.05, 3.63) is 53.0 Å². The van der Waals surface area contributed by atoms with Gasteiger partial charge in [0.2, 0.25) is 0 Å². The molecule has 1 aliphatic heterocycles. The van der Waals surface area contributed by atoms with Crippen molar-refractivity contribution in [3.8, 4) is 0 Å². The Kier molecular flexibility index (Phi) is 26.5. The summed E-state index contributed by atoms with van der Waals surface area (Å²) in [5, 5.41) is 0. The molecule has 0 radical (unpaired) electrons. The zero-order valence-corrected chi connectivity index (χ0v) is 36.9. The van der Waals surface area contributed by atoms with Crippen LogP contribution in [-0.2, 0) is 25.5 Å². The molecule has 1 atom stereocenters. The van der Waals surface area contributed by atoms with Crippen LogP contribution in [0.25, 0.3) is 6.08 Å². The number of aryl methyl sites for hydroxylation is 1. The first-order valence-corrected chi connectivity index (χ1v) is 22.6. The fourth-order valence-electron chi connectivity index (χ4n) is 7.44. The molecule has 1 aliphatic rings. The maximum atomic E-state index is 13.9. The van der Waals surface area contributed by atoms with Crippen molar-refractivity contribution in [2.75, 3.05) is 34.3 Å². The second-order valence-electron chi connectivity index (χ2n) is 17.3. The van der Waals surface area contributed by atoms with Crippen LogP contribution in [0.1, 0.15) is 186 Å². The summed E-state index contributed by atoms with van der Waals surface area (Å²) in [5.74, 6) is -0.435. The summed E-state index contributed by atoms with van der Waals surface area (Å²) in [6, 6.07) is 3.59. The Morgan fingerprint density at radius 1 is 0.754 bits per heavy atom. The fraction of sp³-hybridized carbons (Fsp3) is 0.723. The Morgan fingerprint density at radius 2 is 1.28 bits per heavy atom. The summed E-state index contributed by atoms with van der Waals surface area (Å²) < 4.78 is 41.0. The third-order valence-electron chi connectivity index (χ3n) is 10.6. The van der Waals surface area contributed by atoms with Crippen LogP contribution in [0.3, 0.4) is 0 Å². The van der Waals surface area contributed by atoms with E-state index >= 15 is 0 Å². The van der Waals surface area contributed by atoms with Crippen LogP contribution in [0.4, 0.5) is 8.63 Å². The SMILES string of the molecule is CCCCCCCC/C=C/CCCCCCCC(=O)OCC(C[N+](C)(C)C)OC(=O)CCCCCCCCCCCc1ccc(/C=C2/N=C(C)C=C2C)n1B(F)F. The highest BCUT2D eigenvalue weighted by Gasteiger charge is 2.25. The van der Waals surface area contributed by atoms with E-state index < -0.39 is 13.5 Å². The van der Waals surface area contributed by atoms with Gasteiger partial charge in [-0.2, -0.15) is 0 Å². The van der Waals surface area contributed by atoms with E-state index in [9.17, 15) is 18.2 Å². The Morgan fingerprint density at radius 3 is 1.81 bits per heavy atom. The number of unbranched alkanes of at least 4 members (excludes halogenated alkanes) is 19. The van der Waals surface area contributed by atoms with Crippen LogP contribution >= 0.6 is 0 Å². The minimum absolute atomic E-state index is 0.107. The molecule has 10 heteroatoms. The van der Waals surface area contributed by atoms with E-state index in [1.54, 1.807) is 12.1 Å². The van der Waals surface area contributed by atoms with Crippen LogP contribution in [-0.4, -0.2) is 74.4 Å². The molecule has 322 valence electrons. The molecular formula is C47H79BF2N3O4+. The van der Waals surface area contributed by atoms with Crippen molar-refractivity contribution in [2.45, 2.75) is 187 Å². The number of likely N-dealkylation sites (N-methyl/N-ethyl adjacent to an activating group) is 1. The quantitative estimate of drug-likeness (QED) is 0.0229. The molecule has 0 saturated heterocycles. The Labute approximate surface area is 346 Å². The molecular weight excluding hydrogens is 719 g/mol. The minimum Gasteiger partial charge on any atom is -0.461 e. The molecule has 0 aromatic carbocycles. The predicted octanol–water partition coefficient (Wildman–Crippen LogP) is 12.7. The van der Waals surface area contributed by atoms with Crippen LogP contribution in [0, 0.1) is 0 Å². The summed E-state index contributed by atoms with van der Waals surface area (Å²) in [6.45, 7) is 6.81. The van der Waals surface area contributed by atoms with Crippen LogP contribution in [0.5, 0.6) is 0 Å². The molecule has 1 unspecified atom stereocenters. The molecule has 0 fully saturated rings. The van der Waals surface area contributed by atoms with E-state index in [4.69, 9.17) is 9.47 Å². The molecule has 0 N–H and O–H groups in total. The number of halogens is 2. The van der Waals surface area contributed by atoms with Gasteiger partial charge in [0, 0.05) is 29.9 Å². The number of nitrogens with zero attached hydrogens (tertiary/aromatic N) is 3. The first kappa shape index (κ1) is 50.1. The predicted molar refractivity (Wildman–Crippen MR) is 236 cm³/mol. The second-order valence-corrected chi connectivity index (χ2v) is 17.3. The number of hydrogen-bond donors (Lipinski definition) is 0. The topological polar surface area (TPSA) is 69.9 Å². The molecule has 0 saturated carbocycles. The Hall–Kier alpha value is -3.01. The number of allylic oxidation sites excluding steroid dienone is 4. The molecule has 0 amide bonds. The van der Waals surface area contributed by atoms with E-state index in [-0.39, 0.29) is 18.5 Å². The van der Waals surface area contributed by atoms with Crippen molar-refractivity contribution < 1.29 is 32.2 Å². The highest BCUT2D eigenvalue weighted by Crippen LogP contribution is 2.24. The van der Waals surface area contributed by atoms with Crippen LogP contribution in [0.2, 0.25) is 0 Å². The molecule has 7 nitrogen and oxygen atoms in total. The number of rotatable bonds is 34. The number of ether oxygens (including phenoxy) is 2.